The first-order valence-electron chi connectivity index (χ1n) is 6.24. The van der Waals surface area contributed by atoms with Crippen molar-refractivity contribution in [2.24, 2.45) is 11.8 Å². The normalized spacial score (nSPS) is 32.6. The summed E-state index contributed by atoms with van der Waals surface area (Å²) in [7, 11) is 0. The molecule has 1 N–H and O–H groups in total. The fraction of sp³-hybridized carbons (Fsp3) is 0.571. The van der Waals surface area contributed by atoms with E-state index in [0.29, 0.717) is 6.42 Å². The summed E-state index contributed by atoms with van der Waals surface area (Å²) in [5, 5.41) is 10.6. The number of hydrogen-bond acceptors (Lipinski definition) is 1. The molecule has 3 unspecified atom stereocenters. The van der Waals surface area contributed by atoms with E-state index in [1.165, 1.54) is 0 Å². The minimum Gasteiger partial charge on any atom is -0.385 e. The Labute approximate surface area is 105 Å². The summed E-state index contributed by atoms with van der Waals surface area (Å²) in [5.74, 6) is -3.97. The van der Waals surface area contributed by atoms with Gasteiger partial charge >= 0.3 is 0 Å². The van der Waals surface area contributed by atoms with Crippen LogP contribution in [0.25, 0.3) is 0 Å². The Morgan fingerprint density at radius 2 is 1.83 bits per heavy atom. The van der Waals surface area contributed by atoms with E-state index in [1.54, 1.807) is 0 Å². The van der Waals surface area contributed by atoms with Crippen LogP contribution in [-0.4, -0.2) is 5.11 Å². The molecule has 100 valence electrons. The Balaban J connectivity index is 2.50. The summed E-state index contributed by atoms with van der Waals surface area (Å²) < 4.78 is 40.0. The van der Waals surface area contributed by atoms with Crippen molar-refractivity contribution >= 4 is 0 Å². The van der Waals surface area contributed by atoms with Gasteiger partial charge in [0, 0.05) is 5.56 Å². The number of benzene rings is 1. The summed E-state index contributed by atoms with van der Waals surface area (Å²) in [4.78, 5) is 0. The number of aliphatic hydroxyl groups is 1. The predicted octanol–water partition coefficient (Wildman–Crippen LogP) is 3.75. The Bertz CT molecular complexity index is 461. The first-order valence-corrected chi connectivity index (χ1v) is 6.24. The molecule has 0 heterocycles. The molecule has 4 heteroatoms. The highest BCUT2D eigenvalue weighted by molar-refractivity contribution is 5.27. The third-order valence-corrected chi connectivity index (χ3v) is 4.33. The molecule has 1 aliphatic carbocycles. The summed E-state index contributed by atoms with van der Waals surface area (Å²) in [6, 6.07) is 2.03. The van der Waals surface area contributed by atoms with Gasteiger partial charge < -0.3 is 5.11 Å². The Morgan fingerprint density at radius 1 is 1.17 bits per heavy atom. The molecule has 0 amide bonds. The molecule has 0 aliphatic heterocycles. The maximum atomic E-state index is 13.8. The summed E-state index contributed by atoms with van der Waals surface area (Å²) in [6.07, 6.45) is 2.08. The van der Waals surface area contributed by atoms with E-state index in [1.807, 2.05) is 13.8 Å². The van der Waals surface area contributed by atoms with Crippen molar-refractivity contribution in [3.05, 3.63) is 35.1 Å². The van der Waals surface area contributed by atoms with Gasteiger partial charge in [-0.05, 0) is 30.7 Å². The summed E-state index contributed by atoms with van der Waals surface area (Å²) >= 11 is 0. The molecule has 1 fully saturated rings. The fourth-order valence-corrected chi connectivity index (χ4v) is 2.88. The number of halogens is 3. The van der Waals surface area contributed by atoms with Gasteiger partial charge in [0.1, 0.15) is 0 Å². The first-order chi connectivity index (χ1) is 8.38. The van der Waals surface area contributed by atoms with Gasteiger partial charge in [0.15, 0.2) is 17.5 Å². The molecule has 0 saturated heterocycles. The van der Waals surface area contributed by atoms with E-state index >= 15 is 0 Å². The van der Waals surface area contributed by atoms with Crippen molar-refractivity contribution in [3.63, 3.8) is 0 Å². The van der Waals surface area contributed by atoms with E-state index in [0.717, 1.165) is 25.0 Å². The molecular formula is C14H17F3O. The minimum absolute atomic E-state index is 0.125. The summed E-state index contributed by atoms with van der Waals surface area (Å²) in [6.45, 7) is 3.80. The molecule has 3 atom stereocenters. The van der Waals surface area contributed by atoms with E-state index in [-0.39, 0.29) is 17.4 Å². The molecule has 18 heavy (non-hydrogen) atoms. The lowest BCUT2D eigenvalue weighted by atomic mass is 9.67. The van der Waals surface area contributed by atoms with Crippen molar-refractivity contribution < 1.29 is 18.3 Å². The monoisotopic (exact) mass is 258 g/mol. The molecule has 0 spiro atoms. The first kappa shape index (κ1) is 13.4. The van der Waals surface area contributed by atoms with Crippen LogP contribution in [0.5, 0.6) is 0 Å². The van der Waals surface area contributed by atoms with Crippen LogP contribution in [-0.2, 0) is 5.60 Å². The van der Waals surface area contributed by atoms with E-state index in [2.05, 4.69) is 0 Å². The van der Waals surface area contributed by atoms with Crippen molar-refractivity contribution in [2.75, 3.05) is 0 Å². The maximum Gasteiger partial charge on any atom is 0.194 e. The van der Waals surface area contributed by atoms with Crippen LogP contribution >= 0.6 is 0 Å². The SMILES string of the molecule is CC1CCCC(O)(c2ccc(F)c(F)c2F)C1C. The van der Waals surface area contributed by atoms with Crippen LogP contribution in [0, 0.1) is 29.3 Å². The van der Waals surface area contributed by atoms with E-state index in [9.17, 15) is 18.3 Å². The van der Waals surface area contributed by atoms with Gasteiger partial charge in [-0.15, -0.1) is 0 Å². The van der Waals surface area contributed by atoms with E-state index < -0.39 is 23.1 Å². The van der Waals surface area contributed by atoms with Gasteiger partial charge in [-0.2, -0.15) is 0 Å². The van der Waals surface area contributed by atoms with Crippen LogP contribution in [0.15, 0.2) is 12.1 Å². The zero-order chi connectivity index (χ0) is 13.5. The molecule has 1 aliphatic rings. The number of rotatable bonds is 1. The molecule has 0 bridgehead atoms. The van der Waals surface area contributed by atoms with Crippen molar-refractivity contribution in [1.82, 2.24) is 0 Å². The van der Waals surface area contributed by atoms with Crippen molar-refractivity contribution in [2.45, 2.75) is 38.7 Å². The maximum absolute atomic E-state index is 13.8. The molecule has 1 aromatic carbocycles. The minimum atomic E-state index is -1.51. The Kier molecular flexibility index (Phi) is 3.41. The second kappa shape index (κ2) is 4.57. The van der Waals surface area contributed by atoms with Crippen LogP contribution < -0.4 is 0 Å². The molecule has 2 rings (SSSR count). The van der Waals surface area contributed by atoms with Gasteiger partial charge in [0.05, 0.1) is 5.60 Å². The molecule has 1 aromatic rings. The molecular weight excluding hydrogens is 241 g/mol. The largest absolute Gasteiger partial charge is 0.385 e. The summed E-state index contributed by atoms with van der Waals surface area (Å²) in [5.41, 5.74) is -1.53. The van der Waals surface area contributed by atoms with Crippen LogP contribution in [0.1, 0.15) is 38.7 Å². The van der Waals surface area contributed by atoms with Gasteiger partial charge in [0.2, 0.25) is 0 Å². The second-order valence-corrected chi connectivity index (χ2v) is 5.31. The lowest BCUT2D eigenvalue weighted by Crippen LogP contribution is -2.41. The lowest BCUT2D eigenvalue weighted by molar-refractivity contribution is -0.0717. The smallest absolute Gasteiger partial charge is 0.194 e. The average Bonchev–Trinajstić information content (AvgIpc) is 2.33. The Hall–Kier alpha value is -1.03. The van der Waals surface area contributed by atoms with Crippen LogP contribution in [0.2, 0.25) is 0 Å². The molecule has 0 aromatic heterocycles. The zero-order valence-electron chi connectivity index (χ0n) is 10.5. The lowest BCUT2D eigenvalue weighted by Gasteiger charge is -2.42. The van der Waals surface area contributed by atoms with Gasteiger partial charge in [-0.25, -0.2) is 13.2 Å². The molecule has 1 saturated carbocycles. The van der Waals surface area contributed by atoms with Gasteiger partial charge in [-0.1, -0.05) is 26.3 Å². The highest BCUT2D eigenvalue weighted by Crippen LogP contribution is 2.45. The zero-order valence-corrected chi connectivity index (χ0v) is 10.5. The third kappa shape index (κ3) is 1.92. The average molecular weight is 258 g/mol. The molecule has 1 nitrogen and oxygen atoms in total. The topological polar surface area (TPSA) is 20.2 Å². The highest BCUT2D eigenvalue weighted by atomic mass is 19.2. The van der Waals surface area contributed by atoms with Gasteiger partial charge in [-0.3, -0.25) is 0 Å². The molecule has 0 radical (unpaired) electrons. The highest BCUT2D eigenvalue weighted by Gasteiger charge is 2.43. The van der Waals surface area contributed by atoms with Crippen LogP contribution in [0.4, 0.5) is 13.2 Å². The van der Waals surface area contributed by atoms with Crippen molar-refractivity contribution in [1.29, 1.82) is 0 Å². The fourth-order valence-electron chi connectivity index (χ4n) is 2.88. The number of hydrogen-bond donors (Lipinski definition) is 1. The van der Waals surface area contributed by atoms with Gasteiger partial charge in [0.25, 0.3) is 0 Å². The quantitative estimate of drug-likeness (QED) is 0.761. The second-order valence-electron chi connectivity index (χ2n) is 5.31. The van der Waals surface area contributed by atoms with Crippen LogP contribution in [0.3, 0.4) is 0 Å². The van der Waals surface area contributed by atoms with Crippen molar-refractivity contribution in [3.8, 4) is 0 Å². The third-order valence-electron chi connectivity index (χ3n) is 4.33. The standard InChI is InChI=1S/C14H17F3O/c1-8-4-3-7-14(18,9(8)2)10-5-6-11(15)13(17)12(10)16/h5-6,8-9,18H,3-4,7H2,1-2H3. The Morgan fingerprint density at radius 3 is 2.50 bits per heavy atom. The van der Waals surface area contributed by atoms with E-state index in [4.69, 9.17) is 0 Å². The predicted molar refractivity (Wildman–Crippen MR) is 62.4 cm³/mol.